The Labute approximate surface area is 113 Å². The Hall–Kier alpha value is -0.960. The van der Waals surface area contributed by atoms with Crippen LogP contribution in [0.1, 0.15) is 26.7 Å². The van der Waals surface area contributed by atoms with E-state index in [1.54, 1.807) is 0 Å². The second-order valence-electron chi connectivity index (χ2n) is 5.39. The van der Waals surface area contributed by atoms with Crippen LogP contribution in [0.25, 0.3) is 0 Å². The first-order valence-electron chi connectivity index (χ1n) is 6.48. The number of benzene rings is 1. The number of piperidine rings is 1. The van der Waals surface area contributed by atoms with Crippen molar-refractivity contribution in [2.24, 2.45) is 11.8 Å². The van der Waals surface area contributed by atoms with E-state index in [4.69, 9.17) is 17.3 Å². The third-order valence-corrected chi connectivity index (χ3v) is 4.18. The quantitative estimate of drug-likeness (QED) is 0.825. The molecule has 0 unspecified atom stereocenters. The molecule has 2 nitrogen and oxygen atoms in total. The number of hydrogen-bond acceptors (Lipinski definition) is 2. The van der Waals surface area contributed by atoms with Gasteiger partial charge in [-0.1, -0.05) is 25.4 Å². The molecule has 1 fully saturated rings. The number of hydrogen-bond donors (Lipinski definition) is 1. The molecule has 1 heterocycles. The fourth-order valence-corrected chi connectivity index (χ4v) is 2.80. The Bertz CT molecular complexity index is 426. The first-order valence-corrected chi connectivity index (χ1v) is 6.86. The third kappa shape index (κ3) is 2.72. The maximum absolute atomic E-state index is 13.5. The van der Waals surface area contributed by atoms with Gasteiger partial charge in [0.1, 0.15) is 5.82 Å². The van der Waals surface area contributed by atoms with E-state index < -0.39 is 5.82 Å². The van der Waals surface area contributed by atoms with Crippen molar-refractivity contribution in [2.75, 3.05) is 23.7 Å². The lowest BCUT2D eigenvalue weighted by Gasteiger charge is -2.36. The Morgan fingerprint density at radius 3 is 2.50 bits per heavy atom. The van der Waals surface area contributed by atoms with Crippen LogP contribution in [0.3, 0.4) is 0 Å². The minimum Gasteiger partial charge on any atom is -0.397 e. The Kier molecular flexibility index (Phi) is 4.00. The highest BCUT2D eigenvalue weighted by Gasteiger charge is 2.23. The SMILES string of the molecule is CC(C)C1CCN(c2cc(F)c(Cl)cc2N)CC1. The van der Waals surface area contributed by atoms with Crippen molar-refractivity contribution >= 4 is 23.0 Å². The Morgan fingerprint density at radius 2 is 1.94 bits per heavy atom. The normalized spacial score (nSPS) is 17.5. The smallest absolute Gasteiger partial charge is 0.144 e. The predicted octanol–water partition coefficient (Wildman–Crippen LogP) is 3.93. The predicted molar refractivity (Wildman–Crippen MR) is 75.6 cm³/mol. The average Bonchev–Trinajstić information content (AvgIpc) is 2.34. The van der Waals surface area contributed by atoms with Gasteiger partial charge in [0, 0.05) is 19.2 Å². The van der Waals surface area contributed by atoms with E-state index in [0.717, 1.165) is 37.5 Å². The highest BCUT2D eigenvalue weighted by Crippen LogP contribution is 2.33. The lowest BCUT2D eigenvalue weighted by atomic mass is 9.86. The Balaban J connectivity index is 2.12. The lowest BCUT2D eigenvalue weighted by Crippen LogP contribution is -2.35. The molecule has 1 aromatic carbocycles. The number of halogens is 2. The zero-order valence-electron chi connectivity index (χ0n) is 10.9. The van der Waals surface area contributed by atoms with Crippen LogP contribution >= 0.6 is 11.6 Å². The van der Waals surface area contributed by atoms with E-state index in [0.29, 0.717) is 11.6 Å². The zero-order valence-corrected chi connectivity index (χ0v) is 11.7. The van der Waals surface area contributed by atoms with Gasteiger partial charge in [0.25, 0.3) is 0 Å². The van der Waals surface area contributed by atoms with Gasteiger partial charge < -0.3 is 10.6 Å². The van der Waals surface area contributed by atoms with Crippen LogP contribution in [-0.2, 0) is 0 Å². The molecule has 2 rings (SSSR count). The molecule has 1 aromatic rings. The summed E-state index contributed by atoms with van der Waals surface area (Å²) in [6.45, 7) is 6.40. The van der Waals surface area contributed by atoms with E-state index in [2.05, 4.69) is 18.7 Å². The van der Waals surface area contributed by atoms with Crippen molar-refractivity contribution < 1.29 is 4.39 Å². The van der Waals surface area contributed by atoms with Crippen LogP contribution in [0, 0.1) is 17.7 Å². The fraction of sp³-hybridized carbons (Fsp3) is 0.571. The van der Waals surface area contributed by atoms with Crippen molar-refractivity contribution in [3.8, 4) is 0 Å². The topological polar surface area (TPSA) is 29.3 Å². The van der Waals surface area contributed by atoms with Gasteiger partial charge in [-0.25, -0.2) is 4.39 Å². The van der Waals surface area contributed by atoms with Gasteiger partial charge in [0.2, 0.25) is 0 Å². The summed E-state index contributed by atoms with van der Waals surface area (Å²) in [6.07, 6.45) is 2.28. The van der Waals surface area contributed by atoms with E-state index in [9.17, 15) is 4.39 Å². The van der Waals surface area contributed by atoms with Crippen LogP contribution in [0.4, 0.5) is 15.8 Å². The highest BCUT2D eigenvalue weighted by atomic mass is 35.5. The lowest BCUT2D eigenvalue weighted by molar-refractivity contribution is 0.311. The molecular formula is C14H20ClFN2. The van der Waals surface area contributed by atoms with Crippen LogP contribution in [0.5, 0.6) is 0 Å². The van der Waals surface area contributed by atoms with Crippen LogP contribution in [0.15, 0.2) is 12.1 Å². The van der Waals surface area contributed by atoms with E-state index in [1.807, 2.05) is 0 Å². The van der Waals surface area contributed by atoms with Gasteiger partial charge in [0.15, 0.2) is 0 Å². The third-order valence-electron chi connectivity index (χ3n) is 3.89. The molecule has 0 saturated carbocycles. The summed E-state index contributed by atoms with van der Waals surface area (Å²) in [6, 6.07) is 2.95. The molecule has 2 N–H and O–H groups in total. The number of anilines is 2. The van der Waals surface area contributed by atoms with E-state index >= 15 is 0 Å². The molecule has 0 radical (unpaired) electrons. The van der Waals surface area contributed by atoms with Crippen LogP contribution in [-0.4, -0.2) is 13.1 Å². The van der Waals surface area contributed by atoms with Gasteiger partial charge in [-0.05, 0) is 30.7 Å². The summed E-state index contributed by atoms with van der Waals surface area (Å²) in [4.78, 5) is 2.16. The average molecular weight is 271 g/mol. The molecule has 0 aromatic heterocycles. The number of nitrogens with zero attached hydrogens (tertiary/aromatic N) is 1. The molecule has 100 valence electrons. The monoisotopic (exact) mass is 270 g/mol. The van der Waals surface area contributed by atoms with Gasteiger partial charge in [-0.3, -0.25) is 0 Å². The van der Waals surface area contributed by atoms with Crippen LogP contribution < -0.4 is 10.6 Å². The Morgan fingerprint density at radius 1 is 1.33 bits per heavy atom. The maximum atomic E-state index is 13.5. The molecule has 0 aliphatic carbocycles. The molecule has 18 heavy (non-hydrogen) atoms. The van der Waals surface area contributed by atoms with Crippen molar-refractivity contribution in [1.82, 2.24) is 0 Å². The minimum absolute atomic E-state index is 0.0910. The van der Waals surface area contributed by atoms with Gasteiger partial charge >= 0.3 is 0 Å². The number of nitrogens with two attached hydrogens (primary N) is 1. The van der Waals surface area contributed by atoms with Crippen molar-refractivity contribution in [3.63, 3.8) is 0 Å². The summed E-state index contributed by atoms with van der Waals surface area (Å²) >= 11 is 5.72. The van der Waals surface area contributed by atoms with Gasteiger partial charge in [0.05, 0.1) is 16.4 Å². The second kappa shape index (κ2) is 5.35. The fourth-order valence-electron chi connectivity index (χ4n) is 2.63. The van der Waals surface area contributed by atoms with E-state index in [1.165, 1.54) is 12.1 Å². The maximum Gasteiger partial charge on any atom is 0.144 e. The molecule has 0 spiro atoms. The summed E-state index contributed by atoms with van der Waals surface area (Å²) in [5.41, 5.74) is 7.26. The summed E-state index contributed by atoms with van der Waals surface area (Å²) < 4.78 is 13.5. The van der Waals surface area contributed by atoms with Crippen molar-refractivity contribution in [2.45, 2.75) is 26.7 Å². The molecule has 4 heteroatoms. The molecule has 1 aliphatic rings. The highest BCUT2D eigenvalue weighted by molar-refractivity contribution is 6.31. The molecule has 0 amide bonds. The molecule has 1 aliphatic heterocycles. The zero-order chi connectivity index (χ0) is 13.3. The molecule has 1 saturated heterocycles. The molecular weight excluding hydrogens is 251 g/mol. The first kappa shape index (κ1) is 13.5. The minimum atomic E-state index is -0.396. The van der Waals surface area contributed by atoms with Crippen molar-refractivity contribution in [1.29, 1.82) is 0 Å². The second-order valence-corrected chi connectivity index (χ2v) is 5.80. The van der Waals surface area contributed by atoms with Gasteiger partial charge in [-0.2, -0.15) is 0 Å². The standard InChI is InChI=1S/C14H20ClFN2/c1-9(2)10-3-5-18(6-4-10)14-8-12(16)11(15)7-13(14)17/h7-10H,3-6,17H2,1-2H3. The van der Waals surface area contributed by atoms with Crippen LogP contribution in [0.2, 0.25) is 5.02 Å². The first-order chi connectivity index (χ1) is 8.49. The number of nitrogen functional groups attached to an aromatic ring is 1. The summed E-state index contributed by atoms with van der Waals surface area (Å²) in [5.74, 6) is 1.08. The largest absolute Gasteiger partial charge is 0.397 e. The summed E-state index contributed by atoms with van der Waals surface area (Å²) in [7, 11) is 0. The van der Waals surface area contributed by atoms with Crippen molar-refractivity contribution in [3.05, 3.63) is 23.0 Å². The molecule has 0 atom stereocenters. The van der Waals surface area contributed by atoms with E-state index in [-0.39, 0.29) is 5.02 Å². The molecule has 0 bridgehead atoms. The van der Waals surface area contributed by atoms with Gasteiger partial charge in [-0.15, -0.1) is 0 Å². The number of rotatable bonds is 2. The summed E-state index contributed by atoms with van der Waals surface area (Å²) in [5, 5.41) is 0.0910.